The van der Waals surface area contributed by atoms with Gasteiger partial charge in [-0.2, -0.15) is 0 Å². The van der Waals surface area contributed by atoms with Crippen molar-refractivity contribution in [1.29, 1.82) is 0 Å². The molecule has 2 fully saturated rings. The van der Waals surface area contributed by atoms with Crippen molar-refractivity contribution in [3.05, 3.63) is 54.1 Å². The number of carbonyl (C=O) groups excluding carboxylic acids is 1. The summed E-state index contributed by atoms with van der Waals surface area (Å²) in [5.41, 5.74) is 2.02. The fraction of sp³-hybridized carbons (Fsp3) is 0.409. The molecule has 7 heteroatoms. The Morgan fingerprint density at radius 3 is 2.31 bits per heavy atom. The fourth-order valence-corrected chi connectivity index (χ4v) is 4.99. The van der Waals surface area contributed by atoms with Crippen molar-refractivity contribution in [3.63, 3.8) is 0 Å². The molecule has 154 valence electrons. The second-order valence-corrected chi connectivity index (χ2v) is 9.70. The summed E-state index contributed by atoms with van der Waals surface area (Å²) in [4.78, 5) is 12.7. The highest BCUT2D eigenvalue weighted by atomic mass is 32.2. The molecule has 6 nitrogen and oxygen atoms in total. The van der Waals surface area contributed by atoms with E-state index < -0.39 is 10.0 Å². The molecule has 0 spiro atoms. The zero-order valence-corrected chi connectivity index (χ0v) is 17.2. The van der Waals surface area contributed by atoms with E-state index in [0.29, 0.717) is 11.3 Å². The van der Waals surface area contributed by atoms with E-state index in [1.54, 1.807) is 12.1 Å². The van der Waals surface area contributed by atoms with Gasteiger partial charge in [0.05, 0.1) is 4.90 Å². The molecule has 2 aromatic rings. The van der Waals surface area contributed by atoms with E-state index in [-0.39, 0.29) is 16.8 Å². The summed E-state index contributed by atoms with van der Waals surface area (Å²) in [6.07, 6.45) is 6.99. The minimum absolute atomic E-state index is 0.0262. The molecule has 0 bridgehead atoms. The number of nitrogens with one attached hydrogen (secondary N) is 3. The highest BCUT2D eigenvalue weighted by Gasteiger charge is 2.28. The maximum atomic E-state index is 12.6. The smallest absolute Gasteiger partial charge is 0.255 e. The molecule has 0 saturated heterocycles. The molecule has 4 rings (SSSR count). The summed E-state index contributed by atoms with van der Waals surface area (Å²) >= 11 is 0. The number of carbonyl (C=O) groups is 1. The molecule has 3 N–H and O–H groups in total. The lowest BCUT2D eigenvalue weighted by atomic mass is 10.1. The summed E-state index contributed by atoms with van der Waals surface area (Å²) in [6.45, 7) is 0.988. The minimum atomic E-state index is -3.58. The van der Waals surface area contributed by atoms with Crippen LogP contribution < -0.4 is 15.4 Å². The Bertz CT molecular complexity index is 963. The number of sulfonamides is 1. The molecule has 2 saturated carbocycles. The number of rotatable bonds is 8. The van der Waals surface area contributed by atoms with Crippen LogP contribution in [0.3, 0.4) is 0 Å². The lowest BCUT2D eigenvalue weighted by Crippen LogP contribution is -2.26. The molecule has 0 aliphatic heterocycles. The van der Waals surface area contributed by atoms with Crippen molar-refractivity contribution in [1.82, 2.24) is 4.72 Å². The minimum Gasteiger partial charge on any atom is -0.385 e. The Hall–Kier alpha value is -2.38. The van der Waals surface area contributed by atoms with Crippen LogP contribution in [0.5, 0.6) is 0 Å². The van der Waals surface area contributed by atoms with Gasteiger partial charge in [-0.3, -0.25) is 4.79 Å². The van der Waals surface area contributed by atoms with Crippen molar-refractivity contribution in [2.75, 3.05) is 17.2 Å². The van der Waals surface area contributed by atoms with E-state index >= 15 is 0 Å². The molecular formula is C22H27N3O3S. The van der Waals surface area contributed by atoms with Crippen molar-refractivity contribution in [3.8, 4) is 0 Å². The zero-order valence-electron chi connectivity index (χ0n) is 16.4. The topological polar surface area (TPSA) is 87.3 Å². The normalized spacial score (nSPS) is 17.2. The lowest BCUT2D eigenvalue weighted by molar-refractivity contribution is 0.102. The number of hydrogen-bond acceptors (Lipinski definition) is 4. The summed E-state index contributed by atoms with van der Waals surface area (Å²) in [7, 11) is -3.58. The van der Waals surface area contributed by atoms with E-state index in [1.807, 2.05) is 24.3 Å². The van der Waals surface area contributed by atoms with E-state index in [9.17, 15) is 13.2 Å². The SMILES string of the molecule is O=C(Nc1ccc(NCC2CCCC2)cc1)c1cccc(S(=O)(=O)NC2CC2)c1. The molecule has 0 atom stereocenters. The number of amides is 1. The molecule has 2 aromatic carbocycles. The predicted octanol–water partition coefficient (Wildman–Crippen LogP) is 3.98. The first kappa shape index (κ1) is 19.9. The first-order valence-corrected chi connectivity index (χ1v) is 11.8. The second-order valence-electron chi connectivity index (χ2n) is 7.99. The zero-order chi connectivity index (χ0) is 20.3. The largest absolute Gasteiger partial charge is 0.385 e. The molecule has 0 heterocycles. The van der Waals surface area contributed by atoms with Crippen molar-refractivity contribution < 1.29 is 13.2 Å². The Kier molecular flexibility index (Phi) is 5.87. The summed E-state index contributed by atoms with van der Waals surface area (Å²) < 4.78 is 27.4. The highest BCUT2D eigenvalue weighted by molar-refractivity contribution is 7.89. The van der Waals surface area contributed by atoms with Gasteiger partial charge in [0.15, 0.2) is 0 Å². The maximum Gasteiger partial charge on any atom is 0.255 e. The monoisotopic (exact) mass is 413 g/mol. The first-order valence-electron chi connectivity index (χ1n) is 10.3. The third-order valence-corrected chi connectivity index (χ3v) is 7.04. The lowest BCUT2D eigenvalue weighted by Gasteiger charge is -2.12. The van der Waals surface area contributed by atoms with Gasteiger partial charge in [0.2, 0.25) is 10.0 Å². The fourth-order valence-electron chi connectivity index (χ4n) is 3.64. The first-order chi connectivity index (χ1) is 14.0. The summed E-state index contributed by atoms with van der Waals surface area (Å²) in [6, 6.07) is 13.8. The average molecular weight is 414 g/mol. The molecule has 0 aromatic heterocycles. The van der Waals surface area contributed by atoms with Gasteiger partial charge in [0, 0.05) is 29.5 Å². The van der Waals surface area contributed by atoms with Crippen LogP contribution >= 0.6 is 0 Å². The maximum absolute atomic E-state index is 12.6. The van der Waals surface area contributed by atoms with Gasteiger partial charge in [0.1, 0.15) is 0 Å². The third kappa shape index (κ3) is 5.36. The Labute approximate surface area is 172 Å². The van der Waals surface area contributed by atoms with Gasteiger partial charge in [-0.05, 0) is 74.1 Å². The van der Waals surface area contributed by atoms with Crippen LogP contribution in [0.25, 0.3) is 0 Å². The van der Waals surface area contributed by atoms with Crippen LogP contribution in [0.15, 0.2) is 53.4 Å². The van der Waals surface area contributed by atoms with Crippen molar-refractivity contribution in [2.24, 2.45) is 5.92 Å². The molecule has 29 heavy (non-hydrogen) atoms. The molecule has 2 aliphatic carbocycles. The van der Waals surface area contributed by atoms with Crippen LogP contribution in [0.2, 0.25) is 0 Å². The summed E-state index contributed by atoms with van der Waals surface area (Å²) in [5.74, 6) is 0.424. The molecule has 2 aliphatic rings. The Balaban J connectivity index is 1.36. The standard InChI is InChI=1S/C22H27N3O3S/c26-22(17-6-3-7-21(14-17)29(27,28)25-20-12-13-20)24-19-10-8-18(9-11-19)23-15-16-4-1-2-5-16/h3,6-11,14,16,20,23,25H,1-2,4-5,12-13,15H2,(H,24,26). The van der Waals surface area contributed by atoms with Gasteiger partial charge >= 0.3 is 0 Å². The van der Waals surface area contributed by atoms with Crippen LogP contribution in [0, 0.1) is 5.92 Å². The van der Waals surface area contributed by atoms with Gasteiger partial charge in [0.25, 0.3) is 5.91 Å². The predicted molar refractivity (Wildman–Crippen MR) is 115 cm³/mol. The Morgan fingerprint density at radius 2 is 1.62 bits per heavy atom. The second kappa shape index (κ2) is 8.55. The quantitative estimate of drug-likeness (QED) is 0.611. The average Bonchev–Trinajstić information content (AvgIpc) is 3.36. The van der Waals surface area contributed by atoms with Crippen LogP contribution in [-0.4, -0.2) is 26.9 Å². The van der Waals surface area contributed by atoms with Gasteiger partial charge in [-0.1, -0.05) is 18.9 Å². The Morgan fingerprint density at radius 1 is 0.931 bits per heavy atom. The summed E-state index contributed by atoms with van der Waals surface area (Å²) in [5, 5.41) is 6.29. The van der Waals surface area contributed by atoms with Gasteiger partial charge in [-0.15, -0.1) is 0 Å². The number of hydrogen-bond donors (Lipinski definition) is 3. The molecule has 0 unspecified atom stereocenters. The van der Waals surface area contributed by atoms with Gasteiger partial charge in [-0.25, -0.2) is 13.1 Å². The van der Waals surface area contributed by atoms with Crippen LogP contribution in [-0.2, 0) is 10.0 Å². The molecular weight excluding hydrogens is 386 g/mol. The highest BCUT2D eigenvalue weighted by Crippen LogP contribution is 2.25. The van der Waals surface area contributed by atoms with E-state index in [2.05, 4.69) is 15.4 Å². The van der Waals surface area contributed by atoms with E-state index in [0.717, 1.165) is 31.0 Å². The van der Waals surface area contributed by atoms with Gasteiger partial charge < -0.3 is 10.6 Å². The van der Waals surface area contributed by atoms with E-state index in [4.69, 9.17) is 0 Å². The van der Waals surface area contributed by atoms with E-state index in [1.165, 1.54) is 37.8 Å². The third-order valence-electron chi connectivity index (χ3n) is 5.52. The van der Waals surface area contributed by atoms with Crippen LogP contribution in [0.1, 0.15) is 48.9 Å². The molecule has 1 amide bonds. The molecule has 0 radical (unpaired) electrons. The van der Waals surface area contributed by atoms with Crippen molar-refractivity contribution in [2.45, 2.75) is 49.5 Å². The number of benzene rings is 2. The van der Waals surface area contributed by atoms with Crippen LogP contribution in [0.4, 0.5) is 11.4 Å². The number of anilines is 2. The van der Waals surface area contributed by atoms with Crippen molar-refractivity contribution >= 4 is 27.3 Å².